The molecule has 1 N–H and O–H groups in total. The van der Waals surface area contributed by atoms with E-state index < -0.39 is 11.7 Å². The molecule has 3 rings (SSSR count). The van der Waals surface area contributed by atoms with Gasteiger partial charge in [0.1, 0.15) is 5.82 Å². The van der Waals surface area contributed by atoms with Crippen molar-refractivity contribution in [3.05, 3.63) is 34.6 Å². The number of benzene rings is 1. The zero-order valence-corrected chi connectivity index (χ0v) is 18.3. The second kappa shape index (κ2) is 10.4. The molecule has 2 aliphatic rings. The molecule has 1 aromatic rings. The van der Waals surface area contributed by atoms with Crippen LogP contribution in [0.2, 0.25) is 5.02 Å². The van der Waals surface area contributed by atoms with Crippen LogP contribution in [0.3, 0.4) is 0 Å². The van der Waals surface area contributed by atoms with Gasteiger partial charge >= 0.3 is 6.03 Å². The van der Waals surface area contributed by atoms with Crippen LogP contribution in [0.4, 0.5) is 9.18 Å². The second-order valence-electron chi connectivity index (χ2n) is 8.03. The summed E-state index contributed by atoms with van der Waals surface area (Å²) in [5.41, 5.74) is -0.0521. The van der Waals surface area contributed by atoms with Gasteiger partial charge in [0.2, 0.25) is 0 Å². The van der Waals surface area contributed by atoms with Crippen LogP contribution in [-0.2, 0) is 4.74 Å². The van der Waals surface area contributed by atoms with E-state index in [-0.39, 0.29) is 17.6 Å². The molecule has 2 heterocycles. The summed E-state index contributed by atoms with van der Waals surface area (Å²) in [6.45, 7) is 3.85. The summed E-state index contributed by atoms with van der Waals surface area (Å²) in [4.78, 5) is 30.6. The molecule has 1 aromatic carbocycles. The lowest BCUT2D eigenvalue weighted by Gasteiger charge is -2.38. The molecule has 30 heavy (non-hydrogen) atoms. The van der Waals surface area contributed by atoms with Crippen molar-refractivity contribution in [2.45, 2.75) is 31.3 Å². The van der Waals surface area contributed by atoms with Crippen molar-refractivity contribution in [1.82, 2.24) is 20.0 Å². The largest absolute Gasteiger partial charge is 0.381 e. The van der Waals surface area contributed by atoms with Gasteiger partial charge in [0, 0.05) is 70.6 Å². The zero-order valence-electron chi connectivity index (χ0n) is 17.6. The molecule has 0 aromatic heterocycles. The van der Waals surface area contributed by atoms with E-state index in [1.54, 1.807) is 19.0 Å². The molecular weight excluding hydrogens is 411 g/mol. The highest BCUT2D eigenvalue weighted by Gasteiger charge is 2.34. The van der Waals surface area contributed by atoms with Gasteiger partial charge in [-0.05, 0) is 37.5 Å². The normalized spacial score (nSPS) is 19.9. The molecule has 0 aliphatic carbocycles. The quantitative estimate of drug-likeness (QED) is 0.738. The van der Waals surface area contributed by atoms with Gasteiger partial charge < -0.3 is 19.9 Å². The fourth-order valence-electron chi connectivity index (χ4n) is 4.21. The van der Waals surface area contributed by atoms with Crippen molar-refractivity contribution in [3.8, 4) is 0 Å². The molecule has 3 amide bonds. The first-order chi connectivity index (χ1) is 14.4. The first kappa shape index (κ1) is 22.8. The number of hydrogen-bond donors (Lipinski definition) is 1. The number of likely N-dealkylation sites (tertiary alicyclic amines) is 1. The van der Waals surface area contributed by atoms with Gasteiger partial charge in [-0.2, -0.15) is 0 Å². The molecule has 166 valence electrons. The van der Waals surface area contributed by atoms with E-state index in [1.165, 1.54) is 18.2 Å². The van der Waals surface area contributed by atoms with Crippen LogP contribution in [0, 0.1) is 5.82 Å². The van der Waals surface area contributed by atoms with Gasteiger partial charge in [-0.15, -0.1) is 0 Å². The second-order valence-corrected chi connectivity index (χ2v) is 8.46. The van der Waals surface area contributed by atoms with E-state index in [2.05, 4.69) is 10.2 Å². The van der Waals surface area contributed by atoms with Crippen LogP contribution in [0.25, 0.3) is 0 Å². The Labute approximate surface area is 182 Å². The highest BCUT2D eigenvalue weighted by Crippen LogP contribution is 2.23. The molecule has 9 heteroatoms. The average Bonchev–Trinajstić information content (AvgIpc) is 3.22. The maximum atomic E-state index is 13.9. The number of ether oxygens (including phenoxy) is 1. The smallest absolute Gasteiger partial charge is 0.319 e. The van der Waals surface area contributed by atoms with E-state index in [4.69, 9.17) is 16.3 Å². The van der Waals surface area contributed by atoms with Gasteiger partial charge in [-0.3, -0.25) is 9.69 Å². The molecule has 1 atom stereocenters. The topological polar surface area (TPSA) is 65.1 Å². The van der Waals surface area contributed by atoms with Crippen LogP contribution in [-0.4, -0.2) is 92.2 Å². The van der Waals surface area contributed by atoms with Crippen LogP contribution in [0.15, 0.2) is 18.2 Å². The van der Waals surface area contributed by atoms with Crippen LogP contribution < -0.4 is 5.32 Å². The maximum Gasteiger partial charge on any atom is 0.319 e. The van der Waals surface area contributed by atoms with Crippen molar-refractivity contribution in [3.63, 3.8) is 0 Å². The predicted octanol–water partition coefficient (Wildman–Crippen LogP) is 2.45. The lowest BCUT2D eigenvalue weighted by Crippen LogP contribution is -2.50. The third kappa shape index (κ3) is 5.62. The van der Waals surface area contributed by atoms with Crippen molar-refractivity contribution in [1.29, 1.82) is 0 Å². The lowest BCUT2D eigenvalue weighted by molar-refractivity contribution is 0.0188. The molecule has 0 saturated carbocycles. The van der Waals surface area contributed by atoms with Crippen molar-refractivity contribution >= 4 is 23.5 Å². The Bertz CT molecular complexity index is 758. The van der Waals surface area contributed by atoms with Crippen molar-refractivity contribution < 1.29 is 18.7 Å². The van der Waals surface area contributed by atoms with Gasteiger partial charge in [0.15, 0.2) is 0 Å². The van der Waals surface area contributed by atoms with Gasteiger partial charge in [-0.1, -0.05) is 11.6 Å². The number of halogens is 2. The summed E-state index contributed by atoms with van der Waals surface area (Å²) in [5, 5.41) is 3.13. The summed E-state index contributed by atoms with van der Waals surface area (Å²) in [7, 11) is 3.52. The number of nitrogens with zero attached hydrogens (tertiary/aromatic N) is 3. The summed E-state index contributed by atoms with van der Waals surface area (Å²) in [5.74, 6) is -1.07. The minimum Gasteiger partial charge on any atom is -0.381 e. The average molecular weight is 441 g/mol. The van der Waals surface area contributed by atoms with Crippen LogP contribution in [0.1, 0.15) is 29.6 Å². The van der Waals surface area contributed by atoms with Gasteiger partial charge in [-0.25, -0.2) is 9.18 Å². The number of carbonyl (C=O) groups excluding carboxylic acids is 2. The number of amides is 3. The zero-order chi connectivity index (χ0) is 21.7. The van der Waals surface area contributed by atoms with E-state index in [9.17, 15) is 14.0 Å². The monoisotopic (exact) mass is 440 g/mol. The molecule has 1 unspecified atom stereocenters. The molecule has 0 bridgehead atoms. The molecule has 2 fully saturated rings. The van der Waals surface area contributed by atoms with Crippen molar-refractivity contribution in [2.24, 2.45) is 0 Å². The third-order valence-electron chi connectivity index (χ3n) is 5.77. The standard InChI is InChI=1S/C21H30ClFN4O3/c1-25(2)21(29)26-9-5-17(14-26)27(16-6-11-30-12-7-16)10-8-24-20(28)18-13-15(22)3-4-19(18)23/h3-4,13,16-17H,5-12,14H2,1-2H3,(H,24,28). The highest BCUT2D eigenvalue weighted by atomic mass is 35.5. The Morgan fingerprint density at radius 2 is 1.97 bits per heavy atom. The first-order valence-corrected chi connectivity index (χ1v) is 10.8. The summed E-state index contributed by atoms with van der Waals surface area (Å²) < 4.78 is 19.4. The summed E-state index contributed by atoms with van der Waals surface area (Å²) >= 11 is 5.89. The van der Waals surface area contributed by atoms with Gasteiger partial charge in [0.05, 0.1) is 5.56 Å². The molecule has 0 radical (unpaired) electrons. The number of urea groups is 1. The van der Waals surface area contributed by atoms with Crippen LogP contribution >= 0.6 is 11.6 Å². The summed E-state index contributed by atoms with van der Waals surface area (Å²) in [6.07, 6.45) is 2.75. The number of hydrogen-bond acceptors (Lipinski definition) is 4. The molecule has 7 nitrogen and oxygen atoms in total. The highest BCUT2D eigenvalue weighted by molar-refractivity contribution is 6.31. The lowest BCUT2D eigenvalue weighted by atomic mass is 10.0. The Morgan fingerprint density at radius 1 is 1.23 bits per heavy atom. The van der Waals surface area contributed by atoms with E-state index in [0.29, 0.717) is 43.9 Å². The predicted molar refractivity (Wildman–Crippen MR) is 113 cm³/mol. The Kier molecular flexibility index (Phi) is 7.91. The Hall–Kier alpha value is -1.90. The van der Waals surface area contributed by atoms with Crippen molar-refractivity contribution in [2.75, 3.05) is 53.5 Å². The fourth-order valence-corrected chi connectivity index (χ4v) is 4.39. The number of carbonyl (C=O) groups is 2. The minimum absolute atomic E-state index is 0.0224. The van der Waals surface area contributed by atoms with Gasteiger partial charge in [0.25, 0.3) is 5.91 Å². The van der Waals surface area contributed by atoms with E-state index in [1.807, 2.05) is 4.90 Å². The van der Waals surface area contributed by atoms with E-state index in [0.717, 1.165) is 25.8 Å². The molecule has 2 saturated heterocycles. The Morgan fingerprint density at radius 3 is 2.67 bits per heavy atom. The first-order valence-electron chi connectivity index (χ1n) is 10.4. The Balaban J connectivity index is 1.61. The number of rotatable bonds is 6. The fraction of sp³-hybridized carbons (Fsp3) is 0.619. The molecular formula is C21H30ClFN4O3. The van der Waals surface area contributed by atoms with E-state index >= 15 is 0 Å². The molecule has 2 aliphatic heterocycles. The molecule has 0 spiro atoms. The van der Waals surface area contributed by atoms with Crippen LogP contribution in [0.5, 0.6) is 0 Å². The summed E-state index contributed by atoms with van der Waals surface area (Å²) in [6, 6.07) is 4.55. The minimum atomic E-state index is -0.591. The number of nitrogens with one attached hydrogen (secondary N) is 1. The SMILES string of the molecule is CN(C)C(=O)N1CCC(N(CCNC(=O)c2cc(Cl)ccc2F)C2CCOCC2)C1. The third-order valence-corrected chi connectivity index (χ3v) is 6.01. The maximum absolute atomic E-state index is 13.9.